The Morgan fingerprint density at radius 1 is 1.32 bits per heavy atom. The summed E-state index contributed by atoms with van der Waals surface area (Å²) in [7, 11) is 3.91. The lowest BCUT2D eigenvalue weighted by atomic mass is 9.91. The normalized spacial score (nSPS) is 27.4. The first-order valence-corrected chi connectivity index (χ1v) is 8.79. The molecule has 1 aliphatic carbocycles. The van der Waals surface area contributed by atoms with Crippen LogP contribution < -0.4 is 10.6 Å². The standard InChI is InChI=1S/C17H24BrN3O/c1-19-16(22)17(8-9-17)20-14-7-10-21(2)15(11-14)12-3-5-13(18)6-4-12/h3-6,14-15,20H,7-11H2,1-2H3,(H,19,22). The molecule has 3 rings (SSSR count). The maximum Gasteiger partial charge on any atom is 0.240 e. The van der Waals surface area contributed by atoms with Crippen LogP contribution >= 0.6 is 15.9 Å². The summed E-state index contributed by atoms with van der Waals surface area (Å²) in [6.45, 7) is 1.06. The molecular formula is C17H24BrN3O. The predicted molar refractivity (Wildman–Crippen MR) is 91.7 cm³/mol. The summed E-state index contributed by atoms with van der Waals surface area (Å²) in [4.78, 5) is 14.5. The molecule has 0 aromatic heterocycles. The van der Waals surface area contributed by atoms with E-state index < -0.39 is 0 Å². The van der Waals surface area contributed by atoms with Crippen LogP contribution in [0, 0.1) is 0 Å². The van der Waals surface area contributed by atoms with Crippen molar-refractivity contribution in [3.8, 4) is 0 Å². The van der Waals surface area contributed by atoms with E-state index in [1.165, 1.54) is 5.56 Å². The zero-order valence-electron chi connectivity index (χ0n) is 13.2. The molecular weight excluding hydrogens is 342 g/mol. The SMILES string of the molecule is CNC(=O)C1(NC2CCN(C)C(c3ccc(Br)cc3)C2)CC1. The number of hydrogen-bond acceptors (Lipinski definition) is 3. The van der Waals surface area contributed by atoms with Gasteiger partial charge in [-0.3, -0.25) is 9.69 Å². The summed E-state index contributed by atoms with van der Waals surface area (Å²) in [5, 5.41) is 6.44. The van der Waals surface area contributed by atoms with Crippen LogP contribution in [0.3, 0.4) is 0 Å². The third-order valence-electron chi connectivity index (χ3n) is 5.02. The Labute approximate surface area is 140 Å². The van der Waals surface area contributed by atoms with Crippen molar-refractivity contribution in [2.24, 2.45) is 0 Å². The molecule has 22 heavy (non-hydrogen) atoms. The Hall–Kier alpha value is -0.910. The van der Waals surface area contributed by atoms with Crippen LogP contribution in [0.4, 0.5) is 0 Å². The van der Waals surface area contributed by atoms with E-state index in [1.807, 2.05) is 0 Å². The fourth-order valence-electron chi connectivity index (χ4n) is 3.48. The minimum Gasteiger partial charge on any atom is -0.358 e. The monoisotopic (exact) mass is 365 g/mol. The Bertz CT molecular complexity index is 541. The van der Waals surface area contributed by atoms with E-state index in [-0.39, 0.29) is 11.4 Å². The highest BCUT2D eigenvalue weighted by Crippen LogP contribution is 2.39. The van der Waals surface area contributed by atoms with E-state index in [0.717, 1.165) is 36.7 Å². The number of carbonyl (C=O) groups excluding carboxylic acids is 1. The molecule has 1 heterocycles. The number of amides is 1. The van der Waals surface area contributed by atoms with Crippen molar-refractivity contribution in [2.75, 3.05) is 20.6 Å². The Morgan fingerprint density at radius 2 is 2.00 bits per heavy atom. The lowest BCUT2D eigenvalue weighted by molar-refractivity contribution is -0.124. The molecule has 1 aromatic rings. The molecule has 1 saturated heterocycles. The van der Waals surface area contributed by atoms with Gasteiger partial charge in [-0.25, -0.2) is 0 Å². The number of rotatable bonds is 4. The summed E-state index contributed by atoms with van der Waals surface area (Å²) in [5.41, 5.74) is 1.06. The van der Waals surface area contributed by atoms with Gasteiger partial charge in [0.05, 0.1) is 5.54 Å². The highest BCUT2D eigenvalue weighted by atomic mass is 79.9. The molecule has 1 amide bonds. The molecule has 2 fully saturated rings. The molecule has 2 unspecified atom stereocenters. The van der Waals surface area contributed by atoms with Crippen LogP contribution in [-0.2, 0) is 4.79 Å². The van der Waals surface area contributed by atoms with Gasteiger partial charge in [-0.15, -0.1) is 0 Å². The van der Waals surface area contributed by atoms with Crippen molar-refractivity contribution < 1.29 is 4.79 Å². The van der Waals surface area contributed by atoms with Gasteiger partial charge in [-0.05, 0) is 57.0 Å². The summed E-state index contributed by atoms with van der Waals surface area (Å²) in [6.07, 6.45) is 4.07. The number of nitrogens with zero attached hydrogens (tertiary/aromatic N) is 1. The van der Waals surface area contributed by atoms with Crippen LogP contribution in [0.25, 0.3) is 0 Å². The van der Waals surface area contributed by atoms with Gasteiger partial charge in [-0.1, -0.05) is 28.1 Å². The van der Waals surface area contributed by atoms with Crippen molar-refractivity contribution in [1.82, 2.24) is 15.5 Å². The summed E-state index contributed by atoms with van der Waals surface area (Å²) >= 11 is 3.50. The van der Waals surface area contributed by atoms with Crippen LogP contribution in [0.2, 0.25) is 0 Å². The van der Waals surface area contributed by atoms with Crippen molar-refractivity contribution in [2.45, 2.75) is 43.3 Å². The number of benzene rings is 1. The molecule has 0 spiro atoms. The molecule has 4 nitrogen and oxygen atoms in total. The molecule has 0 bridgehead atoms. The minimum absolute atomic E-state index is 0.145. The highest BCUT2D eigenvalue weighted by Gasteiger charge is 2.50. The molecule has 1 aliphatic heterocycles. The van der Waals surface area contributed by atoms with Gasteiger partial charge in [0, 0.05) is 23.6 Å². The van der Waals surface area contributed by atoms with Crippen LogP contribution in [0.5, 0.6) is 0 Å². The van der Waals surface area contributed by atoms with E-state index in [4.69, 9.17) is 0 Å². The molecule has 2 aliphatic rings. The average molecular weight is 366 g/mol. The minimum atomic E-state index is -0.292. The topological polar surface area (TPSA) is 44.4 Å². The number of hydrogen-bond donors (Lipinski definition) is 2. The zero-order valence-corrected chi connectivity index (χ0v) is 14.8. The van der Waals surface area contributed by atoms with E-state index in [9.17, 15) is 4.79 Å². The quantitative estimate of drug-likeness (QED) is 0.861. The van der Waals surface area contributed by atoms with Crippen molar-refractivity contribution >= 4 is 21.8 Å². The second-order valence-corrected chi connectivity index (χ2v) is 7.49. The van der Waals surface area contributed by atoms with E-state index in [2.05, 4.69) is 62.8 Å². The lowest BCUT2D eigenvalue weighted by Gasteiger charge is -2.39. The fraction of sp³-hybridized carbons (Fsp3) is 0.588. The Balaban J connectivity index is 1.68. The first kappa shape index (κ1) is 16.0. The van der Waals surface area contributed by atoms with Gasteiger partial charge in [0.1, 0.15) is 0 Å². The number of piperidine rings is 1. The van der Waals surface area contributed by atoms with E-state index in [1.54, 1.807) is 7.05 Å². The van der Waals surface area contributed by atoms with Crippen molar-refractivity contribution in [3.05, 3.63) is 34.3 Å². The largest absolute Gasteiger partial charge is 0.358 e. The van der Waals surface area contributed by atoms with Gasteiger partial charge in [0.25, 0.3) is 0 Å². The Kier molecular flexibility index (Phi) is 4.57. The van der Waals surface area contributed by atoms with Crippen LogP contribution in [0.15, 0.2) is 28.7 Å². The van der Waals surface area contributed by atoms with E-state index >= 15 is 0 Å². The summed E-state index contributed by atoms with van der Waals surface area (Å²) in [6, 6.07) is 9.42. The van der Waals surface area contributed by atoms with Gasteiger partial charge >= 0.3 is 0 Å². The molecule has 0 radical (unpaired) electrons. The smallest absolute Gasteiger partial charge is 0.240 e. The van der Waals surface area contributed by atoms with Crippen molar-refractivity contribution in [1.29, 1.82) is 0 Å². The van der Waals surface area contributed by atoms with Crippen LogP contribution in [0.1, 0.15) is 37.3 Å². The van der Waals surface area contributed by atoms with Gasteiger partial charge in [0.15, 0.2) is 0 Å². The molecule has 1 aromatic carbocycles. The number of nitrogens with one attached hydrogen (secondary N) is 2. The van der Waals surface area contributed by atoms with Gasteiger partial charge in [0.2, 0.25) is 5.91 Å². The lowest BCUT2D eigenvalue weighted by Crippen LogP contribution is -2.53. The average Bonchev–Trinajstić information content (AvgIpc) is 3.30. The summed E-state index contributed by atoms with van der Waals surface area (Å²) in [5.74, 6) is 0.145. The second kappa shape index (κ2) is 6.30. The number of likely N-dealkylation sites (N-methyl/N-ethyl adjacent to an activating group) is 1. The maximum atomic E-state index is 12.0. The highest BCUT2D eigenvalue weighted by molar-refractivity contribution is 9.10. The number of carbonyl (C=O) groups is 1. The Morgan fingerprint density at radius 3 is 2.59 bits per heavy atom. The first-order valence-electron chi connectivity index (χ1n) is 8.00. The molecule has 5 heteroatoms. The van der Waals surface area contributed by atoms with Crippen LogP contribution in [-0.4, -0.2) is 43.0 Å². The fourth-order valence-corrected chi connectivity index (χ4v) is 3.75. The maximum absolute atomic E-state index is 12.0. The summed E-state index contributed by atoms with van der Waals surface area (Å²) < 4.78 is 1.11. The number of halogens is 1. The zero-order chi connectivity index (χ0) is 15.7. The van der Waals surface area contributed by atoms with Gasteiger partial charge in [-0.2, -0.15) is 0 Å². The molecule has 120 valence electrons. The molecule has 2 N–H and O–H groups in total. The first-order chi connectivity index (χ1) is 10.5. The number of likely N-dealkylation sites (tertiary alicyclic amines) is 1. The van der Waals surface area contributed by atoms with E-state index in [0.29, 0.717) is 12.1 Å². The third kappa shape index (κ3) is 3.21. The van der Waals surface area contributed by atoms with Crippen molar-refractivity contribution in [3.63, 3.8) is 0 Å². The second-order valence-electron chi connectivity index (χ2n) is 6.57. The van der Waals surface area contributed by atoms with Gasteiger partial charge < -0.3 is 10.6 Å². The molecule has 2 atom stereocenters. The predicted octanol–water partition coefficient (Wildman–Crippen LogP) is 2.45. The molecule has 1 saturated carbocycles. The third-order valence-corrected chi connectivity index (χ3v) is 5.55.